The Morgan fingerprint density at radius 1 is 1.11 bits per heavy atom. The topological polar surface area (TPSA) is 90.4 Å². The van der Waals surface area contributed by atoms with Crippen molar-refractivity contribution < 1.29 is 27.9 Å². The van der Waals surface area contributed by atoms with Crippen LogP contribution in [0.25, 0.3) is 39.0 Å². The summed E-state index contributed by atoms with van der Waals surface area (Å²) in [5.74, 6) is -0.493. The first-order valence-electron chi connectivity index (χ1n) is 11.1. The van der Waals surface area contributed by atoms with Crippen molar-refractivity contribution in [3.8, 4) is 33.7 Å². The second kappa shape index (κ2) is 9.26. The van der Waals surface area contributed by atoms with E-state index in [4.69, 9.17) is 14.2 Å². The van der Waals surface area contributed by atoms with Gasteiger partial charge in [0.1, 0.15) is 23.8 Å². The Hall–Kier alpha value is -4.53. The predicted octanol–water partition coefficient (Wildman–Crippen LogP) is 6.31. The maximum atomic E-state index is 13.0. The highest BCUT2D eigenvalue weighted by Crippen LogP contribution is 2.40. The lowest BCUT2D eigenvalue weighted by atomic mass is 10.00. The number of ether oxygens (including phenoxy) is 1. The predicted molar refractivity (Wildman–Crippen MR) is 130 cm³/mol. The summed E-state index contributed by atoms with van der Waals surface area (Å²) >= 11 is 0. The highest BCUT2D eigenvalue weighted by atomic mass is 19.3. The molecule has 0 amide bonds. The lowest BCUT2D eigenvalue weighted by molar-refractivity contribution is 0.0695. The summed E-state index contributed by atoms with van der Waals surface area (Å²) in [5.41, 5.74) is 4.85. The quantitative estimate of drug-likeness (QED) is 0.288. The SMILES string of the molecule is Cc1noc(C)c1-c1cnc2c(c1)c(-c1ccc(C(=O)O)cc1OCC(F)F)cn2-c1ccccc1. The first-order chi connectivity index (χ1) is 17.3. The van der Waals surface area contributed by atoms with Gasteiger partial charge in [-0.25, -0.2) is 18.6 Å². The Morgan fingerprint density at radius 2 is 1.89 bits per heavy atom. The van der Waals surface area contributed by atoms with Crippen molar-refractivity contribution in [2.24, 2.45) is 0 Å². The van der Waals surface area contributed by atoms with Crippen LogP contribution in [0.15, 0.2) is 71.5 Å². The normalized spacial score (nSPS) is 11.4. The maximum absolute atomic E-state index is 13.0. The molecular formula is C27H21F2N3O4. The monoisotopic (exact) mass is 489 g/mol. The van der Waals surface area contributed by atoms with E-state index in [0.717, 1.165) is 22.2 Å². The van der Waals surface area contributed by atoms with Crippen LogP contribution >= 0.6 is 0 Å². The number of aromatic carboxylic acids is 1. The molecule has 0 atom stereocenters. The minimum atomic E-state index is -2.72. The van der Waals surface area contributed by atoms with Gasteiger partial charge in [0.25, 0.3) is 6.43 Å². The molecule has 3 aromatic heterocycles. The number of halogens is 2. The third-order valence-corrected chi connectivity index (χ3v) is 5.88. The van der Waals surface area contributed by atoms with E-state index in [2.05, 4.69) is 5.16 Å². The van der Waals surface area contributed by atoms with Gasteiger partial charge in [0.05, 0.1) is 11.3 Å². The van der Waals surface area contributed by atoms with Gasteiger partial charge in [-0.2, -0.15) is 0 Å². The maximum Gasteiger partial charge on any atom is 0.335 e. The lowest BCUT2D eigenvalue weighted by Gasteiger charge is -2.12. The van der Waals surface area contributed by atoms with Gasteiger partial charge in [0.15, 0.2) is 0 Å². The smallest absolute Gasteiger partial charge is 0.335 e. The Bertz CT molecular complexity index is 1560. The molecule has 0 aliphatic heterocycles. The van der Waals surface area contributed by atoms with Gasteiger partial charge in [-0.05, 0) is 50.2 Å². The number of benzene rings is 2. The van der Waals surface area contributed by atoms with Crippen LogP contribution in [0.3, 0.4) is 0 Å². The van der Waals surface area contributed by atoms with Gasteiger partial charge in [-0.15, -0.1) is 0 Å². The molecule has 0 unspecified atom stereocenters. The molecule has 9 heteroatoms. The molecule has 0 aliphatic rings. The number of pyridine rings is 1. The molecule has 2 aromatic carbocycles. The van der Waals surface area contributed by atoms with Crippen LogP contribution in [0.4, 0.5) is 8.78 Å². The molecule has 0 saturated heterocycles. The summed E-state index contributed by atoms with van der Waals surface area (Å²) < 4.78 is 38.6. The van der Waals surface area contributed by atoms with Crippen molar-refractivity contribution in [3.63, 3.8) is 0 Å². The molecule has 0 bridgehead atoms. The molecule has 5 rings (SSSR count). The number of nitrogens with zero attached hydrogens (tertiary/aromatic N) is 3. The summed E-state index contributed by atoms with van der Waals surface area (Å²) in [6, 6.07) is 15.7. The standard InChI is InChI=1S/C27H21F2N3O4/c1-15-25(16(2)36-31-15)18-10-21-22(13-32(26(21)30-12-18)19-6-4-3-5-7-19)20-9-8-17(27(33)34)11-23(20)35-14-24(28)29/h3-13,24H,14H2,1-2H3,(H,33,34). The van der Waals surface area contributed by atoms with Crippen molar-refractivity contribution in [1.29, 1.82) is 0 Å². The number of carbonyl (C=O) groups is 1. The fourth-order valence-electron chi connectivity index (χ4n) is 4.29. The number of carboxylic acid groups (broad SMARTS) is 1. The van der Waals surface area contributed by atoms with E-state index in [1.54, 1.807) is 12.3 Å². The third-order valence-electron chi connectivity index (χ3n) is 5.88. The molecule has 36 heavy (non-hydrogen) atoms. The second-order valence-corrected chi connectivity index (χ2v) is 8.26. The van der Waals surface area contributed by atoms with E-state index in [0.29, 0.717) is 28.2 Å². The van der Waals surface area contributed by atoms with Crippen LogP contribution in [0.1, 0.15) is 21.8 Å². The summed E-state index contributed by atoms with van der Waals surface area (Å²) in [6.45, 7) is 2.79. The van der Waals surface area contributed by atoms with Gasteiger partial charge in [0, 0.05) is 45.7 Å². The van der Waals surface area contributed by atoms with E-state index in [9.17, 15) is 18.7 Å². The Morgan fingerprint density at radius 3 is 2.56 bits per heavy atom. The highest BCUT2D eigenvalue weighted by Gasteiger charge is 2.21. The molecule has 5 aromatic rings. The van der Waals surface area contributed by atoms with E-state index in [1.807, 2.05) is 61.0 Å². The largest absolute Gasteiger partial charge is 0.487 e. The van der Waals surface area contributed by atoms with E-state index < -0.39 is 19.0 Å². The van der Waals surface area contributed by atoms with Crippen LogP contribution in [-0.2, 0) is 0 Å². The number of alkyl halides is 2. The number of hydrogen-bond donors (Lipinski definition) is 1. The van der Waals surface area contributed by atoms with Crippen LogP contribution in [0.5, 0.6) is 5.75 Å². The zero-order valence-electron chi connectivity index (χ0n) is 19.4. The average molecular weight is 489 g/mol. The number of hydrogen-bond acceptors (Lipinski definition) is 5. The van der Waals surface area contributed by atoms with Crippen molar-refractivity contribution in [3.05, 3.63) is 84.0 Å². The Kier molecular flexibility index (Phi) is 5.97. The van der Waals surface area contributed by atoms with Crippen LogP contribution in [-0.4, -0.2) is 38.8 Å². The number of rotatable bonds is 7. The van der Waals surface area contributed by atoms with Gasteiger partial charge >= 0.3 is 5.97 Å². The molecule has 0 spiro atoms. The van der Waals surface area contributed by atoms with Crippen LogP contribution in [0, 0.1) is 13.8 Å². The zero-order chi connectivity index (χ0) is 25.4. The molecule has 0 aliphatic carbocycles. The van der Waals surface area contributed by atoms with E-state index in [-0.39, 0.29) is 11.3 Å². The lowest BCUT2D eigenvalue weighted by Crippen LogP contribution is -2.08. The van der Waals surface area contributed by atoms with Gasteiger partial charge in [-0.1, -0.05) is 23.4 Å². The number of para-hydroxylation sites is 1. The molecule has 7 nitrogen and oxygen atoms in total. The third kappa shape index (κ3) is 4.19. The summed E-state index contributed by atoms with van der Waals surface area (Å²) in [4.78, 5) is 16.3. The fraction of sp³-hybridized carbons (Fsp3) is 0.148. The molecule has 1 N–H and O–H groups in total. The van der Waals surface area contributed by atoms with Crippen molar-refractivity contribution in [2.75, 3.05) is 6.61 Å². The number of carboxylic acids is 1. The molecular weight excluding hydrogens is 468 g/mol. The molecule has 182 valence electrons. The average Bonchev–Trinajstić information content (AvgIpc) is 3.42. The number of aryl methyl sites for hydroxylation is 2. The summed E-state index contributed by atoms with van der Waals surface area (Å²) in [5, 5.41) is 14.2. The first kappa shape index (κ1) is 23.2. The van der Waals surface area contributed by atoms with Crippen LogP contribution in [0.2, 0.25) is 0 Å². The van der Waals surface area contributed by atoms with Gasteiger partial charge in [0.2, 0.25) is 0 Å². The number of aromatic nitrogens is 3. The fourth-order valence-corrected chi connectivity index (χ4v) is 4.29. The summed E-state index contributed by atoms with van der Waals surface area (Å²) in [6.07, 6.45) is 0.861. The van der Waals surface area contributed by atoms with Gasteiger partial charge < -0.3 is 18.9 Å². The molecule has 0 saturated carbocycles. The minimum Gasteiger partial charge on any atom is -0.487 e. The number of fused-ring (bicyclic) bond motifs is 1. The van der Waals surface area contributed by atoms with Gasteiger partial charge in [-0.3, -0.25) is 0 Å². The molecule has 3 heterocycles. The Labute approximate surface area is 204 Å². The molecule has 0 fully saturated rings. The van der Waals surface area contributed by atoms with Crippen molar-refractivity contribution in [2.45, 2.75) is 20.3 Å². The van der Waals surface area contributed by atoms with E-state index in [1.165, 1.54) is 12.1 Å². The highest BCUT2D eigenvalue weighted by molar-refractivity contribution is 5.99. The second-order valence-electron chi connectivity index (χ2n) is 8.26. The summed E-state index contributed by atoms with van der Waals surface area (Å²) in [7, 11) is 0. The zero-order valence-corrected chi connectivity index (χ0v) is 19.4. The molecule has 0 radical (unpaired) electrons. The Balaban J connectivity index is 1.78. The van der Waals surface area contributed by atoms with E-state index >= 15 is 0 Å². The van der Waals surface area contributed by atoms with Crippen molar-refractivity contribution in [1.82, 2.24) is 14.7 Å². The van der Waals surface area contributed by atoms with Crippen LogP contribution < -0.4 is 4.74 Å². The van der Waals surface area contributed by atoms with Crippen molar-refractivity contribution >= 4 is 17.0 Å². The minimum absolute atomic E-state index is 0.0463. The first-order valence-corrected chi connectivity index (χ1v) is 11.1.